The molecule has 4 rings (SSSR count). The summed E-state index contributed by atoms with van der Waals surface area (Å²) in [5.74, 6) is -1.18. The molecule has 0 spiro atoms. The van der Waals surface area contributed by atoms with Gasteiger partial charge in [0, 0.05) is 38.8 Å². The molecule has 3 amide bonds. The van der Waals surface area contributed by atoms with Crippen molar-refractivity contribution in [3.05, 3.63) is 53.6 Å². The van der Waals surface area contributed by atoms with Crippen LogP contribution in [0.1, 0.15) is 62.4 Å². The molecule has 0 saturated heterocycles. The molecule has 1 aromatic heterocycles. The number of pyridine rings is 1. The Bertz CT molecular complexity index is 1310. The first-order chi connectivity index (χ1) is 21.1. The zero-order chi connectivity index (χ0) is 32.1. The third-order valence-electron chi connectivity index (χ3n) is 7.44. The highest BCUT2D eigenvalue weighted by Gasteiger charge is 2.40. The molecule has 2 aliphatic rings. The van der Waals surface area contributed by atoms with E-state index in [9.17, 15) is 23.6 Å². The van der Waals surface area contributed by atoms with Gasteiger partial charge in [-0.3, -0.25) is 24.2 Å². The number of rotatable bonds is 7. The lowest BCUT2D eigenvalue weighted by molar-refractivity contribution is -0.156. The lowest BCUT2D eigenvalue weighted by atomic mass is 9.76. The summed E-state index contributed by atoms with van der Waals surface area (Å²) >= 11 is 0. The topological polar surface area (TPSA) is 136 Å². The van der Waals surface area contributed by atoms with Crippen molar-refractivity contribution in [1.29, 1.82) is 0 Å². The summed E-state index contributed by atoms with van der Waals surface area (Å²) in [6.07, 6.45) is 4.14. The van der Waals surface area contributed by atoms with Crippen molar-refractivity contribution in [3.8, 4) is 11.5 Å². The van der Waals surface area contributed by atoms with Crippen LogP contribution in [0.4, 0.5) is 4.39 Å². The van der Waals surface area contributed by atoms with Gasteiger partial charge in [-0.15, -0.1) is 0 Å². The molecule has 0 saturated carbocycles. The number of fused-ring (bicyclic) bond motifs is 16. The molecule has 44 heavy (non-hydrogen) atoms. The Labute approximate surface area is 257 Å². The van der Waals surface area contributed by atoms with Crippen LogP contribution in [-0.4, -0.2) is 80.1 Å². The molecule has 2 aromatic rings. The number of carbonyl (C=O) groups excluding carboxylic acids is 4. The average Bonchev–Trinajstić information content (AvgIpc) is 3.00. The second-order valence-electron chi connectivity index (χ2n) is 11.3. The molecule has 240 valence electrons. The molecule has 1 atom stereocenters. The van der Waals surface area contributed by atoms with E-state index in [2.05, 4.69) is 29.5 Å². The second-order valence-corrected chi connectivity index (χ2v) is 11.3. The van der Waals surface area contributed by atoms with Crippen molar-refractivity contribution in [3.63, 3.8) is 0 Å². The van der Waals surface area contributed by atoms with E-state index in [0.717, 1.165) is 24.2 Å². The van der Waals surface area contributed by atoms with Crippen molar-refractivity contribution in [2.75, 3.05) is 46.5 Å². The molecule has 2 aliphatic heterocycles. The summed E-state index contributed by atoms with van der Waals surface area (Å²) in [4.78, 5) is 57.5. The van der Waals surface area contributed by atoms with Crippen molar-refractivity contribution < 1.29 is 37.8 Å². The van der Waals surface area contributed by atoms with Crippen LogP contribution < -0.4 is 20.1 Å². The lowest BCUT2D eigenvalue weighted by Gasteiger charge is -2.33. The molecule has 1 aromatic carbocycles. The minimum Gasteiger partial charge on any atom is -0.493 e. The zero-order valence-corrected chi connectivity index (χ0v) is 25.9. The second kappa shape index (κ2) is 16.6. The number of nitrogens with zero attached hydrogens (tertiary/aromatic N) is 2. The normalized spacial score (nSPS) is 18.7. The van der Waals surface area contributed by atoms with Crippen molar-refractivity contribution in [2.45, 2.75) is 52.9 Å². The van der Waals surface area contributed by atoms with Crippen LogP contribution in [0, 0.1) is 17.2 Å². The Morgan fingerprint density at radius 3 is 2.64 bits per heavy atom. The van der Waals surface area contributed by atoms with Gasteiger partial charge in [0.2, 0.25) is 5.91 Å². The molecule has 0 fully saturated rings. The highest BCUT2D eigenvalue weighted by molar-refractivity contribution is 5.94. The summed E-state index contributed by atoms with van der Waals surface area (Å²) in [5, 5.41) is 5.66. The van der Waals surface area contributed by atoms with Crippen LogP contribution in [0.2, 0.25) is 0 Å². The molecule has 2 N–H and O–H groups in total. The van der Waals surface area contributed by atoms with Crippen molar-refractivity contribution in [2.24, 2.45) is 11.3 Å². The number of nitrogens with one attached hydrogen (secondary N) is 2. The minimum absolute atomic E-state index is 0.0576. The first-order valence-corrected chi connectivity index (χ1v) is 15.0. The number of benzene rings is 1. The highest BCUT2D eigenvalue weighted by Crippen LogP contribution is 2.35. The van der Waals surface area contributed by atoms with Gasteiger partial charge < -0.3 is 29.7 Å². The molecule has 2 bridgehead atoms. The summed E-state index contributed by atoms with van der Waals surface area (Å²) < 4.78 is 30.6. The Kier molecular flexibility index (Phi) is 12.9. The average molecular weight is 615 g/mol. The number of ether oxygens (including phenoxy) is 3. The number of methoxy groups -OCH3 is 1. The first kappa shape index (κ1) is 34.3. The lowest BCUT2D eigenvalue weighted by Crippen LogP contribution is -2.46. The largest absolute Gasteiger partial charge is 0.493 e. The summed E-state index contributed by atoms with van der Waals surface area (Å²) in [5.41, 5.74) is -0.204. The van der Waals surface area contributed by atoms with Crippen LogP contribution in [0.15, 0.2) is 36.7 Å². The predicted molar refractivity (Wildman–Crippen MR) is 161 cm³/mol. The minimum atomic E-state index is -1.04. The molecular formula is C32H43FN4O7. The van der Waals surface area contributed by atoms with Gasteiger partial charge >= 0.3 is 5.97 Å². The standard InChI is InChI=1S/C32H43FN4O7/c1-5-43-31(41)32(11-10-22(2)3)17-23-8-9-26(27(15-23)42-4)44-20-29(39)35-12-14-37(13-6-7-28(38)36-21-32)30(40)24-16-25(33)19-34-18-24/h8-9,15-16,18-19,22H,5-7,10-14,17,20-21H2,1-4H3,(H,35,39)(H,36,38). The van der Waals surface area contributed by atoms with Gasteiger partial charge in [0.1, 0.15) is 5.82 Å². The van der Waals surface area contributed by atoms with Crippen LogP contribution in [0.3, 0.4) is 0 Å². The van der Waals surface area contributed by atoms with E-state index in [-0.39, 0.29) is 63.7 Å². The Balaban J connectivity index is 1.92. The fourth-order valence-corrected chi connectivity index (χ4v) is 5.00. The van der Waals surface area contributed by atoms with Gasteiger partial charge in [0.15, 0.2) is 18.1 Å². The molecule has 3 heterocycles. The van der Waals surface area contributed by atoms with E-state index < -0.39 is 29.0 Å². The maximum atomic E-state index is 13.8. The van der Waals surface area contributed by atoms with Crippen LogP contribution >= 0.6 is 0 Å². The van der Waals surface area contributed by atoms with Crippen LogP contribution in [0.25, 0.3) is 0 Å². The number of hydrogen-bond acceptors (Lipinski definition) is 8. The fraction of sp³-hybridized carbons (Fsp3) is 0.531. The Morgan fingerprint density at radius 2 is 1.93 bits per heavy atom. The number of halogens is 1. The van der Waals surface area contributed by atoms with E-state index in [1.807, 2.05) is 0 Å². The fourth-order valence-electron chi connectivity index (χ4n) is 5.00. The number of aromatic nitrogens is 1. The van der Waals surface area contributed by atoms with Gasteiger partial charge in [-0.25, -0.2) is 4.39 Å². The third-order valence-corrected chi connectivity index (χ3v) is 7.44. The van der Waals surface area contributed by atoms with E-state index in [1.165, 1.54) is 18.2 Å². The van der Waals surface area contributed by atoms with Crippen LogP contribution in [-0.2, 0) is 25.5 Å². The smallest absolute Gasteiger partial charge is 0.314 e. The van der Waals surface area contributed by atoms with Gasteiger partial charge in [-0.05, 0) is 62.3 Å². The summed E-state index contributed by atoms with van der Waals surface area (Å²) in [7, 11) is 1.48. The molecule has 12 heteroatoms. The number of carbonyl (C=O) groups is 4. The van der Waals surface area contributed by atoms with E-state index >= 15 is 0 Å². The number of hydrogen-bond donors (Lipinski definition) is 2. The Morgan fingerprint density at radius 1 is 1.14 bits per heavy atom. The van der Waals surface area contributed by atoms with E-state index in [4.69, 9.17) is 14.2 Å². The number of amides is 3. The maximum Gasteiger partial charge on any atom is 0.314 e. The number of esters is 1. The van der Waals surface area contributed by atoms with Gasteiger partial charge in [0.25, 0.3) is 11.8 Å². The van der Waals surface area contributed by atoms with E-state index in [1.54, 1.807) is 25.1 Å². The van der Waals surface area contributed by atoms with Gasteiger partial charge in [0.05, 0.1) is 30.9 Å². The van der Waals surface area contributed by atoms with Gasteiger partial charge in [-0.2, -0.15) is 0 Å². The summed E-state index contributed by atoms with van der Waals surface area (Å²) in [6.45, 7) is 6.24. The van der Waals surface area contributed by atoms with Crippen molar-refractivity contribution in [1.82, 2.24) is 20.5 Å². The molecule has 1 unspecified atom stereocenters. The highest BCUT2D eigenvalue weighted by atomic mass is 19.1. The molecule has 0 radical (unpaired) electrons. The SMILES string of the molecule is CCOC(=O)C1(CCC(C)C)CNC(=O)CCCN(C(=O)c2cncc(F)c2)CCNC(=O)COc2ccc(cc2OC)C1. The maximum absolute atomic E-state index is 13.8. The first-order valence-electron chi connectivity index (χ1n) is 15.0. The van der Waals surface area contributed by atoms with Crippen molar-refractivity contribution >= 4 is 23.7 Å². The third kappa shape index (κ3) is 9.92. The monoisotopic (exact) mass is 614 g/mol. The van der Waals surface area contributed by atoms with E-state index in [0.29, 0.717) is 30.3 Å². The predicted octanol–water partition coefficient (Wildman–Crippen LogP) is 3.30. The zero-order valence-electron chi connectivity index (χ0n) is 25.9. The Hall–Kier alpha value is -4.22. The summed E-state index contributed by atoms with van der Waals surface area (Å²) in [6, 6.07) is 6.34. The molecule has 0 aliphatic carbocycles. The molecular weight excluding hydrogens is 571 g/mol. The van der Waals surface area contributed by atoms with Gasteiger partial charge in [-0.1, -0.05) is 19.9 Å². The quantitative estimate of drug-likeness (QED) is 0.358. The van der Waals surface area contributed by atoms with Crippen LogP contribution in [0.5, 0.6) is 11.5 Å². The molecule has 11 nitrogen and oxygen atoms in total.